The number of aromatic nitrogens is 2. The normalized spacial score (nSPS) is 12.6. The van der Waals surface area contributed by atoms with E-state index in [0.29, 0.717) is 12.5 Å². The zero-order valence-corrected chi connectivity index (χ0v) is 14.0. The zero-order chi connectivity index (χ0) is 15.4. The van der Waals surface area contributed by atoms with Crippen molar-refractivity contribution in [1.82, 2.24) is 9.78 Å². The maximum Gasteiger partial charge on any atom is 0.0847 e. The van der Waals surface area contributed by atoms with Crippen molar-refractivity contribution in [2.75, 3.05) is 6.54 Å². The van der Waals surface area contributed by atoms with Crippen LogP contribution in [-0.4, -0.2) is 16.3 Å². The first-order valence-electron chi connectivity index (χ1n) is 7.21. The SMILES string of the molecule is CCn1nc(C)c(Cl)c1CC(CN)Cc1cccc(Cl)c1. The Kier molecular flexibility index (Phi) is 5.68. The van der Waals surface area contributed by atoms with Crippen molar-refractivity contribution < 1.29 is 0 Å². The molecule has 21 heavy (non-hydrogen) atoms. The molecule has 1 aromatic carbocycles. The van der Waals surface area contributed by atoms with Gasteiger partial charge in [-0.25, -0.2) is 0 Å². The first kappa shape index (κ1) is 16.3. The van der Waals surface area contributed by atoms with Crippen molar-refractivity contribution >= 4 is 23.2 Å². The smallest absolute Gasteiger partial charge is 0.0847 e. The Morgan fingerprint density at radius 1 is 1.29 bits per heavy atom. The lowest BCUT2D eigenvalue weighted by molar-refractivity contribution is 0.499. The first-order chi connectivity index (χ1) is 10.0. The number of hydrogen-bond donors (Lipinski definition) is 1. The minimum absolute atomic E-state index is 0.322. The highest BCUT2D eigenvalue weighted by Crippen LogP contribution is 2.24. The average Bonchev–Trinajstić information content (AvgIpc) is 2.74. The maximum absolute atomic E-state index is 6.38. The first-order valence-corrected chi connectivity index (χ1v) is 7.97. The molecule has 2 aromatic rings. The molecule has 5 heteroatoms. The highest BCUT2D eigenvalue weighted by atomic mass is 35.5. The van der Waals surface area contributed by atoms with Crippen LogP contribution in [0.25, 0.3) is 0 Å². The number of benzene rings is 1. The van der Waals surface area contributed by atoms with E-state index < -0.39 is 0 Å². The molecule has 2 N–H and O–H groups in total. The quantitative estimate of drug-likeness (QED) is 0.875. The van der Waals surface area contributed by atoms with E-state index in [1.54, 1.807) is 0 Å². The van der Waals surface area contributed by atoms with E-state index in [-0.39, 0.29) is 0 Å². The number of rotatable bonds is 6. The van der Waals surface area contributed by atoms with Crippen LogP contribution in [0.5, 0.6) is 0 Å². The van der Waals surface area contributed by atoms with Crippen LogP contribution in [0.1, 0.15) is 23.9 Å². The molecule has 1 aromatic heterocycles. The molecule has 1 heterocycles. The molecule has 0 amide bonds. The van der Waals surface area contributed by atoms with Crippen molar-refractivity contribution in [3.05, 3.63) is 51.3 Å². The van der Waals surface area contributed by atoms with Crippen molar-refractivity contribution in [3.8, 4) is 0 Å². The van der Waals surface area contributed by atoms with E-state index in [4.69, 9.17) is 28.9 Å². The second-order valence-electron chi connectivity index (χ2n) is 5.30. The summed E-state index contributed by atoms with van der Waals surface area (Å²) in [4.78, 5) is 0. The van der Waals surface area contributed by atoms with Gasteiger partial charge in [0.2, 0.25) is 0 Å². The molecule has 1 unspecified atom stereocenters. The second kappa shape index (κ2) is 7.30. The Bertz CT molecular complexity index is 608. The monoisotopic (exact) mass is 325 g/mol. The molecule has 114 valence electrons. The molecule has 0 bridgehead atoms. The van der Waals surface area contributed by atoms with Gasteiger partial charge in [-0.3, -0.25) is 4.68 Å². The van der Waals surface area contributed by atoms with Crippen molar-refractivity contribution in [1.29, 1.82) is 0 Å². The van der Waals surface area contributed by atoms with E-state index >= 15 is 0 Å². The minimum atomic E-state index is 0.322. The fourth-order valence-electron chi connectivity index (χ4n) is 2.57. The van der Waals surface area contributed by atoms with Crippen molar-refractivity contribution in [2.24, 2.45) is 11.7 Å². The summed E-state index contributed by atoms with van der Waals surface area (Å²) in [5.41, 5.74) is 9.11. The molecule has 0 fully saturated rings. The average molecular weight is 326 g/mol. The molecule has 1 atom stereocenters. The molecule has 0 spiro atoms. The van der Waals surface area contributed by atoms with Crippen LogP contribution in [0, 0.1) is 12.8 Å². The van der Waals surface area contributed by atoms with E-state index in [9.17, 15) is 0 Å². The topological polar surface area (TPSA) is 43.8 Å². The third kappa shape index (κ3) is 4.00. The van der Waals surface area contributed by atoms with E-state index in [2.05, 4.69) is 18.1 Å². The number of halogens is 2. The third-order valence-corrected chi connectivity index (χ3v) is 4.41. The number of aryl methyl sites for hydroxylation is 2. The number of hydrogen-bond acceptors (Lipinski definition) is 2. The highest BCUT2D eigenvalue weighted by Gasteiger charge is 2.17. The van der Waals surface area contributed by atoms with E-state index in [0.717, 1.165) is 40.8 Å². The fourth-order valence-corrected chi connectivity index (χ4v) is 3.00. The lowest BCUT2D eigenvalue weighted by Gasteiger charge is -2.16. The molecule has 3 nitrogen and oxygen atoms in total. The van der Waals surface area contributed by atoms with Crippen LogP contribution < -0.4 is 5.73 Å². The highest BCUT2D eigenvalue weighted by molar-refractivity contribution is 6.31. The summed E-state index contributed by atoms with van der Waals surface area (Å²) < 4.78 is 1.97. The lowest BCUT2D eigenvalue weighted by atomic mass is 9.94. The van der Waals surface area contributed by atoms with Gasteiger partial charge in [-0.05, 0) is 56.8 Å². The fraction of sp³-hybridized carbons (Fsp3) is 0.438. The van der Waals surface area contributed by atoms with Crippen LogP contribution in [0.2, 0.25) is 10.0 Å². The molecule has 0 aliphatic carbocycles. The third-order valence-electron chi connectivity index (χ3n) is 3.68. The molecule has 0 aliphatic rings. The summed E-state index contributed by atoms with van der Waals surface area (Å²) in [7, 11) is 0. The number of nitrogens with zero attached hydrogens (tertiary/aromatic N) is 2. The van der Waals surface area contributed by atoms with Gasteiger partial charge < -0.3 is 5.73 Å². The summed E-state index contributed by atoms with van der Waals surface area (Å²) in [5, 5.41) is 5.99. The zero-order valence-electron chi connectivity index (χ0n) is 12.4. The van der Waals surface area contributed by atoms with Crippen LogP contribution >= 0.6 is 23.2 Å². The van der Waals surface area contributed by atoms with Gasteiger partial charge in [0, 0.05) is 11.6 Å². The van der Waals surface area contributed by atoms with Gasteiger partial charge in [0.25, 0.3) is 0 Å². The van der Waals surface area contributed by atoms with Gasteiger partial charge in [0.15, 0.2) is 0 Å². The Hall–Kier alpha value is -1.03. The lowest BCUT2D eigenvalue weighted by Crippen LogP contribution is -2.21. The summed E-state index contributed by atoms with van der Waals surface area (Å²) in [5.74, 6) is 0.322. The van der Waals surface area contributed by atoms with Crippen LogP contribution in [0.4, 0.5) is 0 Å². The van der Waals surface area contributed by atoms with Gasteiger partial charge in [-0.1, -0.05) is 35.3 Å². The summed E-state index contributed by atoms with van der Waals surface area (Å²) in [6, 6.07) is 7.93. The Labute approximate surface area is 136 Å². The molecule has 2 rings (SSSR count). The molecule has 0 saturated carbocycles. The summed E-state index contributed by atoms with van der Waals surface area (Å²) in [6.45, 7) is 5.43. The van der Waals surface area contributed by atoms with Crippen molar-refractivity contribution in [2.45, 2.75) is 33.2 Å². The van der Waals surface area contributed by atoms with E-state index in [1.807, 2.05) is 29.8 Å². The Morgan fingerprint density at radius 2 is 2.05 bits per heavy atom. The van der Waals surface area contributed by atoms with Gasteiger partial charge in [-0.15, -0.1) is 0 Å². The predicted molar refractivity (Wildman–Crippen MR) is 89.1 cm³/mol. The van der Waals surface area contributed by atoms with Crippen molar-refractivity contribution in [3.63, 3.8) is 0 Å². The summed E-state index contributed by atoms with van der Waals surface area (Å²) in [6.07, 6.45) is 1.72. The molecular formula is C16H21Cl2N3. The molecule has 0 saturated heterocycles. The number of nitrogens with two attached hydrogens (primary N) is 1. The van der Waals surface area contributed by atoms with Crippen LogP contribution in [0.15, 0.2) is 24.3 Å². The largest absolute Gasteiger partial charge is 0.330 e. The van der Waals surface area contributed by atoms with E-state index in [1.165, 1.54) is 5.56 Å². The van der Waals surface area contributed by atoms with Gasteiger partial charge in [-0.2, -0.15) is 5.10 Å². The van der Waals surface area contributed by atoms with Crippen LogP contribution in [-0.2, 0) is 19.4 Å². The second-order valence-corrected chi connectivity index (χ2v) is 6.12. The molecule has 0 radical (unpaired) electrons. The predicted octanol–water partition coefficient (Wildman–Crippen LogP) is 3.88. The standard InChI is InChI=1S/C16H21Cl2N3/c1-3-21-15(16(18)11(2)20-21)9-13(10-19)7-12-5-4-6-14(17)8-12/h4-6,8,13H,3,7,9-10,19H2,1-2H3. The molecular weight excluding hydrogens is 305 g/mol. The molecule has 0 aliphatic heterocycles. The maximum atomic E-state index is 6.38. The van der Waals surface area contributed by atoms with Crippen LogP contribution in [0.3, 0.4) is 0 Å². The van der Waals surface area contributed by atoms with Gasteiger partial charge >= 0.3 is 0 Å². The van der Waals surface area contributed by atoms with Gasteiger partial charge in [0.05, 0.1) is 16.4 Å². The Balaban J connectivity index is 2.16. The summed E-state index contributed by atoms with van der Waals surface area (Å²) >= 11 is 12.4. The van der Waals surface area contributed by atoms with Gasteiger partial charge in [0.1, 0.15) is 0 Å². The minimum Gasteiger partial charge on any atom is -0.330 e. The Morgan fingerprint density at radius 3 is 2.67 bits per heavy atom.